The van der Waals surface area contributed by atoms with Crippen LogP contribution >= 0.6 is 0 Å². The van der Waals surface area contributed by atoms with E-state index in [0.717, 1.165) is 24.2 Å². The standard InChI is InChI=1S/2C10H21N.2C9H19N.2C2H6/c2*1-9-7-5-6-8-11(9)10(2,3)4;2*1-8-6-5-7-10(8)9(2,3)4;2*1-2/h2*9H,5-8H2,1-4H3;2*8H,5-7H2,1-4H3;2*1-2H3. The van der Waals surface area contributed by atoms with E-state index < -0.39 is 0 Å². The Morgan fingerprint density at radius 1 is 0.304 bits per heavy atom. The Kier molecular flexibility index (Phi) is 23.5. The summed E-state index contributed by atoms with van der Waals surface area (Å²) in [6.45, 7) is 50.2. The smallest absolute Gasteiger partial charge is 0.0127 e. The predicted octanol–water partition coefficient (Wildman–Crippen LogP) is 11.9. The lowest BCUT2D eigenvalue weighted by Crippen LogP contribution is -2.49. The number of piperidine rings is 2. The van der Waals surface area contributed by atoms with Crippen LogP contribution in [0.4, 0.5) is 0 Å². The van der Waals surface area contributed by atoms with E-state index in [9.17, 15) is 0 Å². The van der Waals surface area contributed by atoms with Crippen LogP contribution in [0.5, 0.6) is 0 Å². The fourth-order valence-corrected chi connectivity index (χ4v) is 8.05. The Hall–Kier alpha value is -0.160. The van der Waals surface area contributed by atoms with Gasteiger partial charge in [0.05, 0.1) is 0 Å². The number of rotatable bonds is 0. The Labute approximate surface area is 294 Å². The van der Waals surface area contributed by atoms with Crippen molar-refractivity contribution in [1.82, 2.24) is 19.6 Å². The molecule has 0 N–H and O–H groups in total. The van der Waals surface area contributed by atoms with E-state index in [2.05, 4.69) is 130 Å². The van der Waals surface area contributed by atoms with Gasteiger partial charge in [-0.2, -0.15) is 0 Å². The molecule has 0 spiro atoms. The highest BCUT2D eigenvalue weighted by atomic mass is 15.2. The summed E-state index contributed by atoms with van der Waals surface area (Å²) in [7, 11) is 0. The number of nitrogens with zero attached hydrogens (tertiary/aromatic N) is 4. The maximum absolute atomic E-state index is 2.62. The molecule has 4 nitrogen and oxygen atoms in total. The first-order valence-electron chi connectivity index (χ1n) is 20.1. The number of hydrogen-bond donors (Lipinski definition) is 0. The lowest BCUT2D eigenvalue weighted by Gasteiger charge is -2.43. The van der Waals surface area contributed by atoms with Crippen LogP contribution in [0.2, 0.25) is 0 Å². The Morgan fingerprint density at radius 2 is 0.478 bits per heavy atom. The molecule has 0 radical (unpaired) electrons. The van der Waals surface area contributed by atoms with Gasteiger partial charge >= 0.3 is 0 Å². The zero-order chi connectivity index (χ0) is 36.5. The molecule has 280 valence electrons. The molecule has 4 atom stereocenters. The molecule has 4 aliphatic heterocycles. The molecule has 0 saturated carbocycles. The SMILES string of the molecule is CC.CC.CC1CCCCN1C(C)(C)C.CC1CCCCN1C(C)(C)C.CC1CCCN1C(C)(C)C.CC1CCCN1C(C)(C)C. The third-order valence-corrected chi connectivity index (χ3v) is 10.2. The van der Waals surface area contributed by atoms with Crippen LogP contribution in [-0.2, 0) is 0 Å². The van der Waals surface area contributed by atoms with Crippen LogP contribution in [0.1, 0.15) is 203 Å². The second-order valence-electron chi connectivity index (χ2n) is 18.1. The van der Waals surface area contributed by atoms with Crippen molar-refractivity contribution in [2.45, 2.75) is 249 Å². The molecule has 0 amide bonds. The second-order valence-corrected chi connectivity index (χ2v) is 18.1. The largest absolute Gasteiger partial charge is 0.296 e. The van der Waals surface area contributed by atoms with Crippen molar-refractivity contribution in [3.05, 3.63) is 0 Å². The minimum atomic E-state index is 0.375. The molecule has 0 bridgehead atoms. The van der Waals surface area contributed by atoms with Crippen molar-refractivity contribution < 1.29 is 0 Å². The molecule has 4 rings (SSSR count). The third kappa shape index (κ3) is 18.6. The molecule has 46 heavy (non-hydrogen) atoms. The predicted molar refractivity (Wildman–Crippen MR) is 213 cm³/mol. The third-order valence-electron chi connectivity index (χ3n) is 10.2. The molecule has 4 fully saturated rings. The van der Waals surface area contributed by atoms with Gasteiger partial charge in [-0.05, 0) is 188 Å². The van der Waals surface area contributed by atoms with Crippen LogP contribution in [0.15, 0.2) is 0 Å². The lowest BCUT2D eigenvalue weighted by atomic mass is 9.96. The van der Waals surface area contributed by atoms with E-state index in [0.29, 0.717) is 22.2 Å². The summed E-state index contributed by atoms with van der Waals surface area (Å²) in [5.41, 5.74) is 1.52. The van der Waals surface area contributed by atoms with Gasteiger partial charge in [-0.25, -0.2) is 0 Å². The van der Waals surface area contributed by atoms with Crippen LogP contribution in [-0.4, -0.2) is 92.1 Å². The highest BCUT2D eigenvalue weighted by Crippen LogP contribution is 2.27. The topological polar surface area (TPSA) is 13.0 Å². The average molecular weight is 653 g/mol. The molecule has 0 aromatic heterocycles. The molecule has 4 saturated heterocycles. The van der Waals surface area contributed by atoms with E-state index in [-0.39, 0.29) is 0 Å². The molecule has 4 aliphatic rings. The highest BCUT2D eigenvalue weighted by Gasteiger charge is 2.31. The minimum Gasteiger partial charge on any atom is -0.296 e. The summed E-state index contributed by atoms with van der Waals surface area (Å²) in [5, 5.41) is 0. The molecule has 4 unspecified atom stereocenters. The van der Waals surface area contributed by atoms with Crippen LogP contribution in [0.3, 0.4) is 0 Å². The Bertz CT molecular complexity index is 658. The van der Waals surface area contributed by atoms with Gasteiger partial charge in [0.2, 0.25) is 0 Å². The van der Waals surface area contributed by atoms with Crippen molar-refractivity contribution in [3.8, 4) is 0 Å². The van der Waals surface area contributed by atoms with Crippen LogP contribution in [0.25, 0.3) is 0 Å². The second kappa shape index (κ2) is 22.5. The van der Waals surface area contributed by atoms with Gasteiger partial charge in [0.1, 0.15) is 0 Å². The number of likely N-dealkylation sites (tertiary alicyclic amines) is 4. The monoisotopic (exact) mass is 653 g/mol. The zero-order valence-electron chi connectivity index (χ0n) is 36.0. The first kappa shape index (κ1) is 48.0. The summed E-state index contributed by atoms with van der Waals surface area (Å²) in [6, 6.07) is 3.20. The van der Waals surface area contributed by atoms with Gasteiger partial charge in [0, 0.05) is 46.3 Å². The van der Waals surface area contributed by atoms with Crippen molar-refractivity contribution in [1.29, 1.82) is 0 Å². The molecular formula is C42H92N4. The van der Waals surface area contributed by atoms with Crippen LogP contribution in [0, 0.1) is 0 Å². The first-order chi connectivity index (χ1) is 21.1. The highest BCUT2D eigenvalue weighted by molar-refractivity contribution is 4.87. The summed E-state index contributed by atoms with van der Waals surface area (Å²) in [4.78, 5) is 10.4. The maximum atomic E-state index is 2.62. The van der Waals surface area contributed by atoms with E-state index in [4.69, 9.17) is 0 Å². The fourth-order valence-electron chi connectivity index (χ4n) is 8.05. The first-order valence-corrected chi connectivity index (χ1v) is 20.1. The molecule has 0 aromatic rings. The maximum Gasteiger partial charge on any atom is 0.0127 e. The molecule has 0 aromatic carbocycles. The number of hydrogen-bond acceptors (Lipinski definition) is 4. The van der Waals surface area contributed by atoms with Crippen molar-refractivity contribution >= 4 is 0 Å². The van der Waals surface area contributed by atoms with Gasteiger partial charge in [-0.3, -0.25) is 19.6 Å². The molecular weight excluding hydrogens is 560 g/mol. The van der Waals surface area contributed by atoms with Crippen molar-refractivity contribution in [2.75, 3.05) is 26.2 Å². The van der Waals surface area contributed by atoms with Crippen molar-refractivity contribution in [2.24, 2.45) is 0 Å². The van der Waals surface area contributed by atoms with Crippen molar-refractivity contribution in [3.63, 3.8) is 0 Å². The summed E-state index contributed by atoms with van der Waals surface area (Å²) in [6.07, 6.45) is 13.9. The van der Waals surface area contributed by atoms with E-state index in [1.165, 1.54) is 90.4 Å². The lowest BCUT2D eigenvalue weighted by molar-refractivity contribution is 0.0608. The van der Waals surface area contributed by atoms with E-state index in [1.54, 1.807) is 0 Å². The summed E-state index contributed by atoms with van der Waals surface area (Å²) in [5.74, 6) is 0. The summed E-state index contributed by atoms with van der Waals surface area (Å²) >= 11 is 0. The van der Waals surface area contributed by atoms with Gasteiger partial charge in [-0.1, -0.05) is 40.5 Å². The Morgan fingerprint density at radius 3 is 0.609 bits per heavy atom. The van der Waals surface area contributed by atoms with Gasteiger partial charge in [0.25, 0.3) is 0 Å². The fraction of sp³-hybridized carbons (Fsp3) is 1.00. The molecule has 4 heteroatoms. The summed E-state index contributed by atoms with van der Waals surface area (Å²) < 4.78 is 0. The van der Waals surface area contributed by atoms with E-state index in [1.807, 2.05) is 27.7 Å². The quantitative estimate of drug-likeness (QED) is 0.258. The van der Waals surface area contributed by atoms with Crippen LogP contribution < -0.4 is 0 Å². The van der Waals surface area contributed by atoms with E-state index >= 15 is 0 Å². The zero-order valence-corrected chi connectivity index (χ0v) is 36.0. The van der Waals surface area contributed by atoms with Gasteiger partial charge < -0.3 is 0 Å². The van der Waals surface area contributed by atoms with Gasteiger partial charge in [0.15, 0.2) is 0 Å². The molecule has 4 heterocycles. The minimum absolute atomic E-state index is 0.375. The average Bonchev–Trinajstić information content (AvgIpc) is 3.59. The molecule has 0 aliphatic carbocycles. The normalized spacial score (nSPS) is 26.9. The van der Waals surface area contributed by atoms with Gasteiger partial charge in [-0.15, -0.1) is 0 Å². The Balaban J connectivity index is 0.